The van der Waals surface area contributed by atoms with E-state index < -0.39 is 5.60 Å². The summed E-state index contributed by atoms with van der Waals surface area (Å²) in [4.78, 5) is 30.4. The topological polar surface area (TPSA) is 95.1 Å². The van der Waals surface area contributed by atoms with E-state index in [-0.39, 0.29) is 36.0 Å². The molecular formula is C20H37N5O3. The molecule has 2 unspecified atom stereocenters. The molecule has 0 radical (unpaired) electrons. The van der Waals surface area contributed by atoms with Crippen molar-refractivity contribution in [1.29, 1.82) is 0 Å². The van der Waals surface area contributed by atoms with Crippen LogP contribution in [0, 0.1) is 5.92 Å². The van der Waals surface area contributed by atoms with Crippen LogP contribution in [0.5, 0.6) is 0 Å². The molecule has 2 aliphatic heterocycles. The summed E-state index contributed by atoms with van der Waals surface area (Å²) in [7, 11) is 1.74. The zero-order valence-corrected chi connectivity index (χ0v) is 18.2. The van der Waals surface area contributed by atoms with E-state index in [2.05, 4.69) is 20.9 Å². The quantitative estimate of drug-likeness (QED) is 0.375. The van der Waals surface area contributed by atoms with E-state index in [0.29, 0.717) is 13.1 Å². The highest BCUT2D eigenvalue weighted by atomic mass is 16.6. The lowest BCUT2D eigenvalue weighted by molar-refractivity contribution is -0.123. The smallest absolute Gasteiger partial charge is 0.410 e. The second kappa shape index (κ2) is 9.47. The average molecular weight is 396 g/mol. The Balaban J connectivity index is 1.80. The van der Waals surface area contributed by atoms with Crippen LogP contribution in [0.25, 0.3) is 0 Å². The Labute approximate surface area is 168 Å². The first-order valence-electron chi connectivity index (χ1n) is 10.4. The van der Waals surface area contributed by atoms with Crippen LogP contribution >= 0.6 is 0 Å². The van der Waals surface area contributed by atoms with Gasteiger partial charge in [0.1, 0.15) is 5.60 Å². The van der Waals surface area contributed by atoms with E-state index in [0.717, 1.165) is 31.6 Å². The fourth-order valence-corrected chi connectivity index (χ4v) is 3.87. The van der Waals surface area contributed by atoms with E-state index in [1.165, 1.54) is 0 Å². The third kappa shape index (κ3) is 6.27. The van der Waals surface area contributed by atoms with Crippen molar-refractivity contribution in [1.82, 2.24) is 20.9 Å². The molecule has 8 heteroatoms. The van der Waals surface area contributed by atoms with Crippen molar-refractivity contribution in [2.45, 2.75) is 84.0 Å². The van der Waals surface area contributed by atoms with Gasteiger partial charge in [-0.1, -0.05) is 13.8 Å². The van der Waals surface area contributed by atoms with Gasteiger partial charge in [-0.25, -0.2) is 4.79 Å². The van der Waals surface area contributed by atoms with Crippen LogP contribution in [-0.4, -0.2) is 66.7 Å². The molecule has 2 aliphatic rings. The number of carbonyl (C=O) groups excluding carboxylic acids is 2. The molecule has 2 atom stereocenters. The van der Waals surface area contributed by atoms with Crippen LogP contribution < -0.4 is 16.0 Å². The molecule has 2 saturated heterocycles. The Bertz CT molecular complexity index is 571. The van der Waals surface area contributed by atoms with Crippen LogP contribution in [0.4, 0.5) is 4.79 Å². The molecule has 160 valence electrons. The molecular weight excluding hydrogens is 358 g/mol. The lowest BCUT2D eigenvalue weighted by atomic mass is 9.98. The molecule has 2 rings (SSSR count). The van der Waals surface area contributed by atoms with Crippen LogP contribution in [0.3, 0.4) is 0 Å². The lowest BCUT2D eigenvalue weighted by Crippen LogP contribution is -2.55. The SMILES string of the molecule is CN=C(NCCNC(=O)C(C)C)NC1CC2CCC(C1)N2C(=O)OC(C)(C)C. The van der Waals surface area contributed by atoms with Crippen molar-refractivity contribution in [2.24, 2.45) is 10.9 Å². The minimum atomic E-state index is -0.470. The molecule has 0 spiro atoms. The van der Waals surface area contributed by atoms with Gasteiger partial charge in [-0.15, -0.1) is 0 Å². The number of nitrogens with one attached hydrogen (secondary N) is 3. The summed E-state index contributed by atoms with van der Waals surface area (Å²) in [6, 6.07) is 0.705. The molecule has 0 aromatic carbocycles. The molecule has 0 saturated carbocycles. The number of ether oxygens (including phenoxy) is 1. The third-order valence-electron chi connectivity index (χ3n) is 5.14. The summed E-state index contributed by atoms with van der Waals surface area (Å²) >= 11 is 0. The number of amides is 2. The van der Waals surface area contributed by atoms with Gasteiger partial charge in [-0.2, -0.15) is 0 Å². The predicted molar refractivity (Wildman–Crippen MR) is 110 cm³/mol. The Morgan fingerprint density at radius 3 is 2.18 bits per heavy atom. The maximum absolute atomic E-state index is 12.5. The number of piperidine rings is 1. The molecule has 0 aromatic rings. The second-order valence-electron chi connectivity index (χ2n) is 9.03. The first-order chi connectivity index (χ1) is 13.1. The highest BCUT2D eigenvalue weighted by Gasteiger charge is 2.45. The van der Waals surface area contributed by atoms with Crippen molar-refractivity contribution in [2.75, 3.05) is 20.1 Å². The minimum Gasteiger partial charge on any atom is -0.444 e. The monoisotopic (exact) mass is 395 g/mol. The number of hydrogen-bond donors (Lipinski definition) is 3. The first kappa shape index (κ1) is 22.3. The molecule has 8 nitrogen and oxygen atoms in total. The normalized spacial score (nSPS) is 24.9. The highest BCUT2D eigenvalue weighted by molar-refractivity contribution is 5.80. The highest BCUT2D eigenvalue weighted by Crippen LogP contribution is 2.36. The second-order valence-corrected chi connectivity index (χ2v) is 9.03. The largest absolute Gasteiger partial charge is 0.444 e. The van der Waals surface area contributed by atoms with Gasteiger partial charge < -0.3 is 25.6 Å². The molecule has 3 N–H and O–H groups in total. The Kier molecular flexibility index (Phi) is 7.55. The molecule has 2 heterocycles. The minimum absolute atomic E-state index is 0.0110. The number of hydrogen-bond acceptors (Lipinski definition) is 4. The van der Waals surface area contributed by atoms with Crippen molar-refractivity contribution in [3.63, 3.8) is 0 Å². The fraction of sp³-hybridized carbons (Fsp3) is 0.850. The third-order valence-corrected chi connectivity index (χ3v) is 5.14. The molecule has 2 bridgehead atoms. The van der Waals surface area contributed by atoms with Crippen LogP contribution in [0.2, 0.25) is 0 Å². The number of guanidine groups is 1. The molecule has 28 heavy (non-hydrogen) atoms. The number of rotatable bonds is 5. The van der Waals surface area contributed by atoms with Crippen LogP contribution in [0.1, 0.15) is 60.3 Å². The molecule has 0 aliphatic carbocycles. The molecule has 2 fully saturated rings. The zero-order valence-electron chi connectivity index (χ0n) is 18.2. The fourth-order valence-electron chi connectivity index (χ4n) is 3.87. The van der Waals surface area contributed by atoms with Gasteiger partial charge in [-0.05, 0) is 46.5 Å². The summed E-state index contributed by atoms with van der Waals surface area (Å²) < 4.78 is 5.59. The number of aliphatic imine (C=N–C) groups is 1. The lowest BCUT2D eigenvalue weighted by Gasteiger charge is -2.40. The van der Waals surface area contributed by atoms with Crippen LogP contribution in [-0.2, 0) is 9.53 Å². The van der Waals surface area contributed by atoms with Crippen molar-refractivity contribution < 1.29 is 14.3 Å². The maximum Gasteiger partial charge on any atom is 0.410 e. The molecule has 2 amide bonds. The van der Waals surface area contributed by atoms with E-state index in [4.69, 9.17) is 4.74 Å². The Morgan fingerprint density at radius 1 is 1.11 bits per heavy atom. The Hall–Kier alpha value is -1.99. The number of fused-ring (bicyclic) bond motifs is 2. The summed E-state index contributed by atoms with van der Waals surface area (Å²) in [6.07, 6.45) is 3.63. The van der Waals surface area contributed by atoms with Crippen molar-refractivity contribution >= 4 is 18.0 Å². The van der Waals surface area contributed by atoms with Gasteiger partial charge in [0.05, 0.1) is 0 Å². The summed E-state index contributed by atoms with van der Waals surface area (Å²) in [5.41, 5.74) is -0.470. The van der Waals surface area contributed by atoms with E-state index in [1.807, 2.05) is 39.5 Å². The van der Waals surface area contributed by atoms with E-state index in [9.17, 15) is 9.59 Å². The molecule has 0 aromatic heterocycles. The van der Waals surface area contributed by atoms with Gasteiger partial charge in [0.15, 0.2) is 5.96 Å². The summed E-state index contributed by atoms with van der Waals surface area (Å²) in [6.45, 7) is 10.6. The van der Waals surface area contributed by atoms with Gasteiger partial charge >= 0.3 is 6.09 Å². The first-order valence-corrected chi connectivity index (χ1v) is 10.4. The summed E-state index contributed by atoms with van der Waals surface area (Å²) in [5.74, 6) is 0.771. The van der Waals surface area contributed by atoms with Crippen LogP contribution in [0.15, 0.2) is 4.99 Å². The van der Waals surface area contributed by atoms with E-state index in [1.54, 1.807) is 7.05 Å². The van der Waals surface area contributed by atoms with Gasteiger partial charge in [0.25, 0.3) is 0 Å². The number of nitrogens with zero attached hydrogens (tertiary/aromatic N) is 2. The van der Waals surface area contributed by atoms with Gasteiger partial charge in [0.2, 0.25) is 5.91 Å². The van der Waals surface area contributed by atoms with Crippen molar-refractivity contribution in [3.05, 3.63) is 0 Å². The Morgan fingerprint density at radius 2 is 1.68 bits per heavy atom. The van der Waals surface area contributed by atoms with Gasteiger partial charge in [-0.3, -0.25) is 9.79 Å². The average Bonchev–Trinajstić information content (AvgIpc) is 2.87. The van der Waals surface area contributed by atoms with Gasteiger partial charge in [0, 0.05) is 44.2 Å². The standard InChI is InChI=1S/C20H37N5O3/c1-13(2)17(26)22-9-10-23-18(21-6)24-14-11-15-7-8-16(12-14)25(15)19(27)28-20(3,4)5/h13-16H,7-12H2,1-6H3,(H,22,26)(H2,21,23,24). The number of carbonyl (C=O) groups is 2. The van der Waals surface area contributed by atoms with E-state index >= 15 is 0 Å². The van der Waals surface area contributed by atoms with Crippen molar-refractivity contribution in [3.8, 4) is 0 Å². The zero-order chi connectivity index (χ0) is 20.9. The summed E-state index contributed by atoms with van der Waals surface area (Å²) in [5, 5.41) is 9.60. The maximum atomic E-state index is 12.5. The predicted octanol–water partition coefficient (Wildman–Crippen LogP) is 1.85.